The number of carbonyl (C=O) groups is 2. The summed E-state index contributed by atoms with van der Waals surface area (Å²) >= 11 is 3.00. The van der Waals surface area contributed by atoms with E-state index in [0.29, 0.717) is 12.0 Å². The molecule has 1 amide bonds. The van der Waals surface area contributed by atoms with Crippen molar-refractivity contribution in [3.8, 4) is 0 Å². The topological polar surface area (TPSA) is 122 Å². The minimum absolute atomic E-state index is 0.0734. The van der Waals surface area contributed by atoms with Crippen molar-refractivity contribution in [2.45, 2.75) is 31.4 Å². The van der Waals surface area contributed by atoms with Crippen molar-refractivity contribution in [3.63, 3.8) is 0 Å². The predicted octanol–water partition coefficient (Wildman–Crippen LogP) is 3.41. The van der Waals surface area contributed by atoms with Gasteiger partial charge in [0, 0.05) is 23.4 Å². The van der Waals surface area contributed by atoms with E-state index >= 15 is 0 Å². The van der Waals surface area contributed by atoms with Crippen molar-refractivity contribution in [1.82, 2.24) is 4.90 Å². The van der Waals surface area contributed by atoms with Crippen molar-refractivity contribution in [2.75, 3.05) is 0 Å². The Morgan fingerprint density at radius 2 is 2.06 bits per heavy atom. The van der Waals surface area contributed by atoms with Gasteiger partial charge in [-0.3, -0.25) is 24.8 Å². The first-order chi connectivity index (χ1) is 14.8. The van der Waals surface area contributed by atoms with Crippen LogP contribution in [0.2, 0.25) is 0 Å². The lowest BCUT2D eigenvalue weighted by atomic mass is 10.1. The zero-order chi connectivity index (χ0) is 22.1. The minimum atomic E-state index is -0.850. The van der Waals surface area contributed by atoms with E-state index in [0.717, 1.165) is 9.92 Å². The molecule has 0 aliphatic carbocycles. The number of rotatable bonds is 7. The Balaban J connectivity index is 1.41. The Kier molecular flexibility index (Phi) is 5.79. The molecule has 3 heterocycles. The third-order valence-electron chi connectivity index (χ3n) is 4.75. The van der Waals surface area contributed by atoms with Crippen molar-refractivity contribution in [2.24, 2.45) is 4.99 Å². The zero-order valence-corrected chi connectivity index (χ0v) is 17.9. The Morgan fingerprint density at radius 3 is 2.68 bits per heavy atom. The van der Waals surface area contributed by atoms with Crippen LogP contribution in [0, 0.1) is 10.1 Å². The number of aliphatic hydroxyl groups excluding tert-OH is 1. The first-order valence-electron chi connectivity index (χ1n) is 9.24. The summed E-state index contributed by atoms with van der Waals surface area (Å²) in [6.45, 7) is 1.16. The van der Waals surface area contributed by atoms with E-state index < -0.39 is 22.3 Å². The molecule has 4 rings (SSSR count). The molecule has 1 N–H and O–H groups in total. The van der Waals surface area contributed by atoms with Crippen LogP contribution in [0.5, 0.6) is 0 Å². The van der Waals surface area contributed by atoms with Crippen molar-refractivity contribution >= 4 is 45.7 Å². The summed E-state index contributed by atoms with van der Waals surface area (Å²) in [6.07, 6.45) is 0.623. The summed E-state index contributed by atoms with van der Waals surface area (Å²) in [5.74, 6) is -1.54. The number of aliphatic imine (C=N–C) groups is 1. The minimum Gasteiger partial charge on any atom is -0.510 e. The molecule has 2 aliphatic heterocycles. The van der Waals surface area contributed by atoms with Crippen LogP contribution in [0.3, 0.4) is 0 Å². The number of hydrogen-bond acceptors (Lipinski definition) is 9. The van der Waals surface area contributed by atoms with Crippen LogP contribution in [0.25, 0.3) is 0 Å². The highest BCUT2D eigenvalue weighted by molar-refractivity contribution is 8.14. The second-order valence-corrected chi connectivity index (χ2v) is 9.10. The number of benzene rings is 1. The fraction of sp³-hybridized carbons (Fsp3) is 0.250. The molecular formula is C20H17N3O6S2. The largest absolute Gasteiger partial charge is 0.510 e. The van der Waals surface area contributed by atoms with Crippen LogP contribution in [0.4, 0.5) is 5.69 Å². The highest BCUT2D eigenvalue weighted by Gasteiger charge is 2.55. The number of nitro groups is 1. The van der Waals surface area contributed by atoms with Gasteiger partial charge in [0.05, 0.1) is 9.97 Å². The molecule has 0 saturated carbocycles. The number of non-ortho nitro benzene ring substituents is 1. The quantitative estimate of drug-likeness (QED) is 0.168. The number of nitrogens with zero attached hydrogens (tertiary/aromatic N) is 3. The summed E-state index contributed by atoms with van der Waals surface area (Å²) in [5, 5.41) is 23.2. The standard InChI is InChI=1S/C20H17N3O6S2/c1-11(24)17(20(26)29-10-12-4-6-13(7-5-12)23(27)28)22-18(25)16-19(22)31-15(21-16)9-14-3-2-8-30-14/h2-8,16,19,24H,9-10H2,1H3. The summed E-state index contributed by atoms with van der Waals surface area (Å²) in [7, 11) is 0. The van der Waals surface area contributed by atoms with Crippen molar-refractivity contribution < 1.29 is 24.4 Å². The second kappa shape index (κ2) is 8.52. The molecule has 2 aliphatic rings. The fourth-order valence-corrected chi connectivity index (χ4v) is 5.36. The number of allylic oxidation sites excluding steroid dienone is 1. The molecule has 1 saturated heterocycles. The molecular weight excluding hydrogens is 442 g/mol. The number of nitro benzene ring substituents is 1. The molecule has 0 spiro atoms. The van der Waals surface area contributed by atoms with Crippen LogP contribution in [0.15, 0.2) is 58.2 Å². The lowest BCUT2D eigenvalue weighted by Gasteiger charge is -2.41. The van der Waals surface area contributed by atoms with E-state index in [2.05, 4.69) is 4.99 Å². The second-order valence-electron chi connectivity index (χ2n) is 6.87. The Bertz CT molecular complexity index is 1090. The number of carbonyl (C=O) groups excluding carboxylic acids is 2. The summed E-state index contributed by atoms with van der Waals surface area (Å²) in [6, 6.07) is 8.93. The maximum Gasteiger partial charge on any atom is 0.358 e. The van der Waals surface area contributed by atoms with Crippen LogP contribution in [0.1, 0.15) is 17.4 Å². The summed E-state index contributed by atoms with van der Waals surface area (Å²) in [5.41, 5.74) is 0.252. The molecule has 1 aromatic carbocycles. The first kappa shape index (κ1) is 21.1. The highest BCUT2D eigenvalue weighted by atomic mass is 32.2. The number of amides is 1. The van der Waals surface area contributed by atoms with Crippen LogP contribution < -0.4 is 0 Å². The van der Waals surface area contributed by atoms with E-state index in [1.54, 1.807) is 11.3 Å². The molecule has 0 radical (unpaired) electrons. The number of thioether (sulfide) groups is 1. The maximum atomic E-state index is 12.7. The maximum absolute atomic E-state index is 12.7. The molecule has 0 bridgehead atoms. The van der Waals surface area contributed by atoms with Crippen molar-refractivity contribution in [1.29, 1.82) is 0 Å². The van der Waals surface area contributed by atoms with Gasteiger partial charge >= 0.3 is 5.97 Å². The Hall–Kier alpha value is -3.18. The molecule has 1 fully saturated rings. The number of aliphatic hydroxyl groups is 1. The predicted molar refractivity (Wildman–Crippen MR) is 116 cm³/mol. The Morgan fingerprint density at radius 1 is 1.32 bits per heavy atom. The van der Waals surface area contributed by atoms with E-state index in [9.17, 15) is 24.8 Å². The molecule has 2 unspecified atom stereocenters. The van der Waals surface area contributed by atoms with E-state index in [4.69, 9.17) is 4.74 Å². The molecule has 2 atom stereocenters. The highest BCUT2D eigenvalue weighted by Crippen LogP contribution is 2.43. The number of hydrogen-bond donors (Lipinski definition) is 1. The molecule has 11 heteroatoms. The van der Waals surface area contributed by atoms with Gasteiger partial charge in [0.25, 0.3) is 11.6 Å². The van der Waals surface area contributed by atoms with Gasteiger partial charge < -0.3 is 9.84 Å². The smallest absolute Gasteiger partial charge is 0.358 e. The number of ether oxygens (including phenoxy) is 1. The average Bonchev–Trinajstić information content (AvgIpc) is 3.38. The molecule has 9 nitrogen and oxygen atoms in total. The molecule has 2 aromatic rings. The lowest BCUT2D eigenvalue weighted by Crippen LogP contribution is -2.61. The zero-order valence-electron chi connectivity index (χ0n) is 16.3. The van der Waals surface area contributed by atoms with E-state index in [-0.39, 0.29) is 29.7 Å². The molecule has 31 heavy (non-hydrogen) atoms. The van der Waals surface area contributed by atoms with Gasteiger partial charge in [0.2, 0.25) is 0 Å². The van der Waals surface area contributed by atoms with Crippen LogP contribution >= 0.6 is 23.1 Å². The lowest BCUT2D eigenvalue weighted by molar-refractivity contribution is -0.384. The number of β-lactam (4-membered cyclic amide) rings is 1. The monoisotopic (exact) mass is 459 g/mol. The van der Waals surface area contributed by atoms with Crippen molar-refractivity contribution in [3.05, 3.63) is 73.8 Å². The third kappa shape index (κ3) is 4.19. The van der Waals surface area contributed by atoms with Gasteiger partial charge in [0.1, 0.15) is 17.7 Å². The summed E-state index contributed by atoms with van der Waals surface area (Å²) < 4.78 is 5.25. The number of esters is 1. The van der Waals surface area contributed by atoms with Gasteiger partial charge in [-0.1, -0.05) is 17.8 Å². The molecule has 1 aromatic heterocycles. The number of likely N-dealkylation sites (tertiary alicyclic amines) is 1. The van der Waals surface area contributed by atoms with Gasteiger partial charge in [-0.15, -0.1) is 11.3 Å². The van der Waals surface area contributed by atoms with Gasteiger partial charge in [-0.2, -0.15) is 0 Å². The fourth-order valence-electron chi connectivity index (χ4n) is 3.25. The first-order valence-corrected chi connectivity index (χ1v) is 11.0. The third-order valence-corrected chi connectivity index (χ3v) is 6.86. The van der Waals surface area contributed by atoms with Gasteiger partial charge in [-0.25, -0.2) is 4.79 Å². The van der Waals surface area contributed by atoms with Crippen LogP contribution in [-0.4, -0.2) is 43.3 Å². The van der Waals surface area contributed by atoms with Crippen LogP contribution in [-0.2, 0) is 27.4 Å². The van der Waals surface area contributed by atoms with Gasteiger partial charge in [-0.05, 0) is 36.1 Å². The number of fused-ring (bicyclic) bond motifs is 1. The summed E-state index contributed by atoms with van der Waals surface area (Å²) in [4.78, 5) is 42.3. The number of thiophene rings is 1. The van der Waals surface area contributed by atoms with E-state index in [1.165, 1.54) is 47.9 Å². The average molecular weight is 460 g/mol. The Labute approximate surface area is 185 Å². The van der Waals surface area contributed by atoms with E-state index in [1.807, 2.05) is 17.5 Å². The normalized spacial score (nSPS) is 20.5. The molecule has 160 valence electrons. The van der Waals surface area contributed by atoms with Gasteiger partial charge in [0.15, 0.2) is 11.7 Å². The SMILES string of the molecule is CC(O)=C(C(=O)OCc1ccc([N+](=O)[O-])cc1)N1C(=O)C2N=C(Cc3cccs3)SC21.